The zero-order valence-electron chi connectivity index (χ0n) is 22.2. The summed E-state index contributed by atoms with van der Waals surface area (Å²) >= 11 is 0. The first-order valence-electron chi connectivity index (χ1n) is 12.8. The van der Waals surface area contributed by atoms with Crippen molar-refractivity contribution in [1.29, 1.82) is 0 Å². The summed E-state index contributed by atoms with van der Waals surface area (Å²) in [6.45, 7) is 11.8. The summed E-state index contributed by atoms with van der Waals surface area (Å²) in [5, 5.41) is 11.6. The van der Waals surface area contributed by atoms with Gasteiger partial charge in [-0.2, -0.15) is 0 Å². The van der Waals surface area contributed by atoms with Crippen LogP contribution in [0.3, 0.4) is 0 Å². The summed E-state index contributed by atoms with van der Waals surface area (Å²) in [5.41, 5.74) is 0.406. The highest BCUT2D eigenvalue weighted by Crippen LogP contribution is 2.56. The number of fused-ring (bicyclic) bond motifs is 2. The number of carbonyl (C=O) groups excluding carboxylic acids is 2. The van der Waals surface area contributed by atoms with Crippen molar-refractivity contribution in [2.24, 2.45) is 0 Å². The Morgan fingerprint density at radius 2 is 1.79 bits per heavy atom. The lowest BCUT2D eigenvalue weighted by atomic mass is 9.76. The lowest BCUT2D eigenvalue weighted by Gasteiger charge is -2.47. The van der Waals surface area contributed by atoms with Gasteiger partial charge < -0.3 is 19.1 Å². The number of non-ortho nitro benzene ring substituents is 1. The van der Waals surface area contributed by atoms with Gasteiger partial charge in [-0.25, -0.2) is 0 Å². The van der Waals surface area contributed by atoms with Crippen molar-refractivity contribution in [3.8, 4) is 11.5 Å². The number of nitrogens with zero attached hydrogens (tertiary/aromatic N) is 2. The van der Waals surface area contributed by atoms with E-state index >= 15 is 0 Å². The third-order valence-corrected chi connectivity index (χ3v) is 7.10. The zero-order valence-corrected chi connectivity index (χ0v) is 22.2. The number of ether oxygens (including phenoxy) is 3. The molecule has 0 amide bonds. The van der Waals surface area contributed by atoms with Gasteiger partial charge in [-0.3, -0.25) is 19.7 Å². The predicted octanol–water partition coefficient (Wildman–Crippen LogP) is 5.88. The number of nitro benzene ring substituents is 1. The smallest absolute Gasteiger partial charge is 0.311 e. The fourth-order valence-electron chi connectivity index (χ4n) is 5.07. The van der Waals surface area contributed by atoms with Crippen molar-refractivity contribution in [3.05, 3.63) is 89.0 Å². The molecular formula is C30H32N2O7. The van der Waals surface area contributed by atoms with Gasteiger partial charge in [-0.15, -0.1) is 13.2 Å². The van der Waals surface area contributed by atoms with E-state index in [4.69, 9.17) is 14.2 Å². The summed E-state index contributed by atoms with van der Waals surface area (Å²) in [6.07, 6.45) is 8.14. The molecule has 0 saturated carbocycles. The van der Waals surface area contributed by atoms with Gasteiger partial charge in [0.25, 0.3) is 5.69 Å². The van der Waals surface area contributed by atoms with Crippen molar-refractivity contribution < 1.29 is 28.7 Å². The van der Waals surface area contributed by atoms with Crippen molar-refractivity contribution in [2.45, 2.75) is 50.7 Å². The first-order chi connectivity index (χ1) is 18.6. The lowest BCUT2D eigenvalue weighted by molar-refractivity contribution is -0.385. The van der Waals surface area contributed by atoms with E-state index in [1.807, 2.05) is 49.1 Å². The van der Waals surface area contributed by atoms with E-state index in [9.17, 15) is 19.7 Å². The van der Waals surface area contributed by atoms with Gasteiger partial charge >= 0.3 is 11.9 Å². The molecule has 2 heterocycles. The average molecular weight is 533 g/mol. The minimum absolute atomic E-state index is 0.0282. The lowest BCUT2D eigenvalue weighted by Crippen LogP contribution is -2.60. The first kappa shape index (κ1) is 27.6. The molecule has 2 aliphatic rings. The quantitative estimate of drug-likeness (QED) is 0.116. The van der Waals surface area contributed by atoms with Gasteiger partial charge in [0.2, 0.25) is 5.72 Å². The van der Waals surface area contributed by atoms with Crippen molar-refractivity contribution in [1.82, 2.24) is 0 Å². The number of hydrogen-bond donors (Lipinski definition) is 0. The van der Waals surface area contributed by atoms with Crippen LogP contribution in [-0.2, 0) is 19.7 Å². The fraction of sp³-hybridized carbons (Fsp3) is 0.333. The number of allylic oxidation sites excluding steroid dienone is 2. The molecule has 9 nitrogen and oxygen atoms in total. The number of nitro groups is 1. The zero-order chi connectivity index (χ0) is 28.2. The summed E-state index contributed by atoms with van der Waals surface area (Å²) in [7, 11) is 0. The van der Waals surface area contributed by atoms with Gasteiger partial charge in [0.15, 0.2) is 11.5 Å². The number of anilines is 1. The molecule has 0 aromatic heterocycles. The average Bonchev–Trinajstić information content (AvgIpc) is 3.09. The largest absolute Gasteiger partial charge is 0.464 e. The van der Waals surface area contributed by atoms with Crippen LogP contribution in [0.5, 0.6) is 11.5 Å². The summed E-state index contributed by atoms with van der Waals surface area (Å²) in [5.74, 6) is -0.673. The molecule has 1 atom stereocenters. The van der Waals surface area contributed by atoms with E-state index in [1.165, 1.54) is 12.1 Å². The van der Waals surface area contributed by atoms with Gasteiger partial charge in [-0.05, 0) is 50.5 Å². The van der Waals surface area contributed by atoms with Gasteiger partial charge in [-0.1, -0.05) is 30.4 Å². The van der Waals surface area contributed by atoms with Gasteiger partial charge in [0, 0.05) is 30.2 Å². The molecule has 2 aliphatic heterocycles. The Morgan fingerprint density at radius 1 is 1.10 bits per heavy atom. The second-order valence-corrected chi connectivity index (χ2v) is 9.89. The molecule has 9 heteroatoms. The Labute approximate surface area is 227 Å². The van der Waals surface area contributed by atoms with Crippen LogP contribution in [-0.4, -0.2) is 35.7 Å². The normalized spacial score (nSPS) is 18.1. The van der Waals surface area contributed by atoms with Crippen LogP contribution in [0, 0.1) is 10.1 Å². The Balaban J connectivity index is 1.74. The van der Waals surface area contributed by atoms with Crippen LogP contribution in [0.2, 0.25) is 0 Å². The second-order valence-electron chi connectivity index (χ2n) is 9.89. The summed E-state index contributed by atoms with van der Waals surface area (Å²) in [6, 6.07) is 10.5. The molecule has 39 heavy (non-hydrogen) atoms. The Kier molecular flexibility index (Phi) is 7.90. The van der Waals surface area contributed by atoms with E-state index < -0.39 is 22.0 Å². The summed E-state index contributed by atoms with van der Waals surface area (Å²) in [4.78, 5) is 37.8. The third-order valence-electron chi connectivity index (χ3n) is 7.10. The summed E-state index contributed by atoms with van der Waals surface area (Å²) < 4.78 is 17.8. The molecule has 0 radical (unpaired) electrons. The maximum atomic E-state index is 12.5. The van der Waals surface area contributed by atoms with E-state index in [2.05, 4.69) is 13.2 Å². The molecular weight excluding hydrogens is 500 g/mol. The minimum Gasteiger partial charge on any atom is -0.464 e. The van der Waals surface area contributed by atoms with E-state index in [-0.39, 0.29) is 42.6 Å². The molecule has 0 saturated heterocycles. The Morgan fingerprint density at radius 3 is 2.49 bits per heavy atom. The predicted molar refractivity (Wildman–Crippen MR) is 148 cm³/mol. The van der Waals surface area contributed by atoms with Crippen molar-refractivity contribution in [3.63, 3.8) is 0 Å². The third kappa shape index (κ3) is 5.16. The highest BCUT2D eigenvalue weighted by Gasteiger charge is 2.59. The van der Waals surface area contributed by atoms with E-state index in [0.29, 0.717) is 24.9 Å². The number of carbonyl (C=O) groups is 2. The Hall–Kier alpha value is -4.40. The fourth-order valence-corrected chi connectivity index (χ4v) is 5.07. The molecule has 0 N–H and O–H groups in total. The first-order valence-corrected chi connectivity index (χ1v) is 12.8. The standard InChI is InChI=1S/C30H32N2O7/c1-5-7-13-26(33)37-18-17-31-24-12-10-9-11-23(24)29(3,4)30(31)16-15-21-19-22(32(35)36)20-25(28(21)39-30)38-27(34)14-8-6-2/h5-6,9-12,15-16,19-20H,1-2,7-8,13-14,17-18H2,3-4H3. The number of para-hydroxylation sites is 1. The topological polar surface area (TPSA) is 108 Å². The SMILES string of the molecule is C=CCCC(=O)OCCN1c2ccccc2C(C)(C)C12C=Cc1cc([N+](=O)[O-])cc(OC(=O)CCC=C)c1O2. The molecule has 1 spiro atoms. The number of rotatable bonds is 11. The molecule has 0 aliphatic carbocycles. The maximum absolute atomic E-state index is 12.5. The molecule has 2 aromatic carbocycles. The molecule has 1 unspecified atom stereocenters. The van der Waals surface area contributed by atoms with Gasteiger partial charge in [0.05, 0.1) is 22.9 Å². The number of esters is 2. The molecule has 0 fully saturated rings. The van der Waals surface area contributed by atoms with Crippen molar-refractivity contribution >= 4 is 29.4 Å². The maximum Gasteiger partial charge on any atom is 0.311 e. The molecule has 0 bridgehead atoms. The molecule has 2 aromatic rings. The van der Waals surface area contributed by atoms with E-state index in [1.54, 1.807) is 18.2 Å². The van der Waals surface area contributed by atoms with Crippen LogP contribution in [0.4, 0.5) is 11.4 Å². The van der Waals surface area contributed by atoms with Crippen LogP contribution >= 0.6 is 0 Å². The van der Waals surface area contributed by atoms with Crippen LogP contribution in [0.15, 0.2) is 67.8 Å². The minimum atomic E-state index is -1.10. The number of hydrogen-bond acceptors (Lipinski definition) is 8. The number of benzene rings is 2. The van der Waals surface area contributed by atoms with Crippen LogP contribution in [0.1, 0.15) is 50.7 Å². The van der Waals surface area contributed by atoms with E-state index in [0.717, 1.165) is 11.3 Å². The van der Waals surface area contributed by atoms with Crippen LogP contribution < -0.4 is 14.4 Å². The highest BCUT2D eigenvalue weighted by atomic mass is 16.6. The Bertz CT molecular complexity index is 1350. The molecule has 204 valence electrons. The van der Waals surface area contributed by atoms with Crippen LogP contribution in [0.25, 0.3) is 6.08 Å². The van der Waals surface area contributed by atoms with Crippen molar-refractivity contribution in [2.75, 3.05) is 18.1 Å². The monoisotopic (exact) mass is 532 g/mol. The second kappa shape index (κ2) is 11.1. The highest BCUT2D eigenvalue weighted by molar-refractivity contribution is 5.79. The van der Waals surface area contributed by atoms with Gasteiger partial charge in [0.1, 0.15) is 6.61 Å². The molecule has 4 rings (SSSR count).